The molecule has 0 amide bonds. The van der Waals surface area contributed by atoms with Crippen LogP contribution in [0.2, 0.25) is 0 Å². The zero-order valence-corrected chi connectivity index (χ0v) is 15.8. The number of halogens is 4. The van der Waals surface area contributed by atoms with Gasteiger partial charge < -0.3 is 5.32 Å². The Kier molecular flexibility index (Phi) is 10.0. The van der Waals surface area contributed by atoms with Gasteiger partial charge in [0.15, 0.2) is 0 Å². The SMILES string of the molecule is Cl.Cl.O=S(=O)(NCCN1CCNCC1)c1cc(Br)ccc1F. The van der Waals surface area contributed by atoms with E-state index in [2.05, 4.69) is 30.9 Å². The van der Waals surface area contributed by atoms with Gasteiger partial charge in [-0.05, 0) is 18.2 Å². The molecule has 1 saturated heterocycles. The van der Waals surface area contributed by atoms with E-state index in [9.17, 15) is 12.8 Å². The summed E-state index contributed by atoms with van der Waals surface area (Å²) in [6.45, 7) is 4.50. The van der Waals surface area contributed by atoms with Gasteiger partial charge in [-0.15, -0.1) is 24.8 Å². The highest BCUT2D eigenvalue weighted by Gasteiger charge is 2.19. The Morgan fingerprint density at radius 1 is 1.27 bits per heavy atom. The summed E-state index contributed by atoms with van der Waals surface area (Å²) in [5.41, 5.74) is 0. The van der Waals surface area contributed by atoms with Gasteiger partial charge in [-0.25, -0.2) is 17.5 Å². The summed E-state index contributed by atoms with van der Waals surface area (Å²) in [4.78, 5) is 1.84. The molecule has 22 heavy (non-hydrogen) atoms. The van der Waals surface area contributed by atoms with Crippen molar-refractivity contribution in [3.05, 3.63) is 28.5 Å². The molecule has 0 radical (unpaired) electrons. The van der Waals surface area contributed by atoms with Crippen LogP contribution in [0.4, 0.5) is 4.39 Å². The molecule has 2 N–H and O–H groups in total. The lowest BCUT2D eigenvalue weighted by Crippen LogP contribution is -2.46. The second kappa shape index (κ2) is 10.0. The van der Waals surface area contributed by atoms with E-state index in [0.29, 0.717) is 11.0 Å². The highest BCUT2D eigenvalue weighted by atomic mass is 79.9. The van der Waals surface area contributed by atoms with Crippen molar-refractivity contribution in [1.82, 2.24) is 14.9 Å². The quantitative estimate of drug-likeness (QED) is 0.733. The van der Waals surface area contributed by atoms with E-state index in [-0.39, 0.29) is 36.3 Å². The summed E-state index contributed by atoms with van der Waals surface area (Å²) < 4.78 is 40.6. The number of nitrogens with zero attached hydrogens (tertiary/aromatic N) is 1. The van der Waals surface area contributed by atoms with E-state index in [4.69, 9.17) is 0 Å². The third-order valence-corrected chi connectivity index (χ3v) is 5.08. The molecule has 0 aliphatic carbocycles. The molecule has 1 aromatic rings. The Morgan fingerprint density at radius 3 is 2.55 bits per heavy atom. The molecular formula is C12H19BrCl2FN3O2S. The lowest BCUT2D eigenvalue weighted by atomic mass is 10.3. The van der Waals surface area contributed by atoms with Crippen LogP contribution in [-0.2, 0) is 10.0 Å². The number of benzene rings is 1. The van der Waals surface area contributed by atoms with E-state index >= 15 is 0 Å². The maximum atomic E-state index is 13.6. The molecule has 0 aromatic heterocycles. The molecule has 0 spiro atoms. The third kappa shape index (κ3) is 6.27. The molecule has 0 saturated carbocycles. The predicted molar refractivity (Wildman–Crippen MR) is 93.1 cm³/mol. The van der Waals surface area contributed by atoms with Crippen molar-refractivity contribution in [3.8, 4) is 0 Å². The van der Waals surface area contributed by atoms with Gasteiger partial charge in [0.2, 0.25) is 10.0 Å². The maximum Gasteiger partial charge on any atom is 0.243 e. The maximum absolute atomic E-state index is 13.6. The van der Waals surface area contributed by atoms with Crippen molar-refractivity contribution < 1.29 is 12.8 Å². The molecule has 0 unspecified atom stereocenters. The molecule has 1 aliphatic rings. The largest absolute Gasteiger partial charge is 0.314 e. The monoisotopic (exact) mass is 437 g/mol. The molecule has 0 atom stereocenters. The standard InChI is InChI=1S/C12H17BrFN3O2S.2ClH/c13-10-1-2-11(14)12(9-10)20(18,19)16-5-8-17-6-3-15-4-7-17;;/h1-2,9,15-16H,3-8H2;2*1H. The third-order valence-electron chi connectivity index (χ3n) is 3.11. The van der Waals surface area contributed by atoms with Gasteiger partial charge in [0.25, 0.3) is 0 Å². The van der Waals surface area contributed by atoms with Crippen molar-refractivity contribution in [1.29, 1.82) is 0 Å². The minimum Gasteiger partial charge on any atom is -0.314 e. The number of hydrogen-bond donors (Lipinski definition) is 2. The van der Waals surface area contributed by atoms with E-state index in [0.717, 1.165) is 32.2 Å². The average Bonchev–Trinajstić information content (AvgIpc) is 2.42. The Morgan fingerprint density at radius 2 is 1.91 bits per heavy atom. The lowest BCUT2D eigenvalue weighted by Gasteiger charge is -2.27. The minimum atomic E-state index is -3.81. The smallest absolute Gasteiger partial charge is 0.243 e. The Labute approximate surface area is 151 Å². The van der Waals surface area contributed by atoms with Crippen LogP contribution < -0.4 is 10.0 Å². The zero-order valence-electron chi connectivity index (χ0n) is 11.7. The van der Waals surface area contributed by atoms with Crippen molar-refractivity contribution in [2.45, 2.75) is 4.90 Å². The molecule has 1 aliphatic heterocycles. The summed E-state index contributed by atoms with van der Waals surface area (Å²) in [7, 11) is -3.81. The minimum absolute atomic E-state index is 0. The van der Waals surface area contributed by atoms with Gasteiger partial charge in [0.05, 0.1) is 0 Å². The zero-order chi connectivity index (χ0) is 14.6. The fourth-order valence-electron chi connectivity index (χ4n) is 2.03. The van der Waals surface area contributed by atoms with Gasteiger partial charge in [-0.2, -0.15) is 0 Å². The van der Waals surface area contributed by atoms with Crippen LogP contribution in [0.25, 0.3) is 0 Å². The Balaban J connectivity index is 0.00000220. The highest BCUT2D eigenvalue weighted by molar-refractivity contribution is 9.10. The van der Waals surface area contributed by atoms with E-state index in [1.165, 1.54) is 12.1 Å². The first-order chi connectivity index (χ1) is 9.49. The molecule has 1 heterocycles. The number of rotatable bonds is 5. The molecule has 1 aromatic carbocycles. The number of piperazine rings is 1. The predicted octanol–water partition coefficient (Wildman–Crippen LogP) is 1.62. The first-order valence-electron chi connectivity index (χ1n) is 6.37. The van der Waals surface area contributed by atoms with Crippen LogP contribution in [0.1, 0.15) is 0 Å². The van der Waals surface area contributed by atoms with Gasteiger partial charge >= 0.3 is 0 Å². The van der Waals surface area contributed by atoms with Crippen molar-refractivity contribution in [3.63, 3.8) is 0 Å². The van der Waals surface area contributed by atoms with Crippen molar-refractivity contribution in [2.24, 2.45) is 0 Å². The summed E-state index contributed by atoms with van der Waals surface area (Å²) in [5, 5.41) is 3.23. The normalized spacial score (nSPS) is 15.7. The van der Waals surface area contributed by atoms with Gasteiger partial charge in [-0.3, -0.25) is 4.90 Å². The highest BCUT2D eigenvalue weighted by Crippen LogP contribution is 2.19. The van der Waals surface area contributed by atoms with E-state index < -0.39 is 15.8 Å². The van der Waals surface area contributed by atoms with Gasteiger partial charge in [0.1, 0.15) is 10.7 Å². The molecule has 0 bridgehead atoms. The fraction of sp³-hybridized carbons (Fsp3) is 0.500. The molecule has 2 rings (SSSR count). The summed E-state index contributed by atoms with van der Waals surface area (Å²) >= 11 is 3.15. The number of sulfonamides is 1. The van der Waals surface area contributed by atoms with Crippen LogP contribution in [0.5, 0.6) is 0 Å². The number of hydrogen-bond acceptors (Lipinski definition) is 4. The first-order valence-corrected chi connectivity index (χ1v) is 8.64. The van der Waals surface area contributed by atoms with Crippen LogP contribution in [0.15, 0.2) is 27.6 Å². The van der Waals surface area contributed by atoms with E-state index in [1.807, 2.05) is 0 Å². The Bertz CT molecular complexity index is 571. The summed E-state index contributed by atoms with van der Waals surface area (Å²) in [6, 6.07) is 3.87. The van der Waals surface area contributed by atoms with Crippen LogP contribution >= 0.6 is 40.7 Å². The average molecular weight is 439 g/mol. The molecule has 1 fully saturated rings. The molecule has 5 nitrogen and oxygen atoms in total. The van der Waals surface area contributed by atoms with Gasteiger partial charge in [0, 0.05) is 43.7 Å². The fourth-order valence-corrected chi connectivity index (χ4v) is 3.67. The number of nitrogens with one attached hydrogen (secondary N) is 2. The van der Waals surface area contributed by atoms with E-state index in [1.54, 1.807) is 0 Å². The lowest BCUT2D eigenvalue weighted by molar-refractivity contribution is 0.245. The second-order valence-electron chi connectivity index (χ2n) is 4.56. The molecule has 128 valence electrons. The van der Waals surface area contributed by atoms with Gasteiger partial charge in [-0.1, -0.05) is 15.9 Å². The molecular weight excluding hydrogens is 420 g/mol. The van der Waals surface area contributed by atoms with Crippen molar-refractivity contribution in [2.75, 3.05) is 39.3 Å². The first kappa shape index (κ1) is 22.0. The van der Waals surface area contributed by atoms with Crippen LogP contribution in [-0.4, -0.2) is 52.6 Å². The molecule has 10 heteroatoms. The summed E-state index contributed by atoms with van der Waals surface area (Å²) in [5.74, 6) is -0.747. The topological polar surface area (TPSA) is 61.4 Å². The summed E-state index contributed by atoms with van der Waals surface area (Å²) in [6.07, 6.45) is 0. The second-order valence-corrected chi connectivity index (χ2v) is 7.22. The Hall–Kier alpha value is 0.0400. The van der Waals surface area contributed by atoms with Crippen LogP contribution in [0, 0.1) is 5.82 Å². The van der Waals surface area contributed by atoms with Crippen LogP contribution in [0.3, 0.4) is 0 Å². The van der Waals surface area contributed by atoms with Crippen molar-refractivity contribution >= 4 is 50.8 Å².